The number of methoxy groups -OCH3 is 2. The van der Waals surface area contributed by atoms with E-state index in [4.69, 9.17) is 9.47 Å². The third-order valence-corrected chi connectivity index (χ3v) is 4.72. The van der Waals surface area contributed by atoms with Gasteiger partial charge < -0.3 is 9.47 Å². The van der Waals surface area contributed by atoms with E-state index < -0.39 is 0 Å². The van der Waals surface area contributed by atoms with Crippen molar-refractivity contribution in [3.63, 3.8) is 0 Å². The number of fused-ring (bicyclic) bond motifs is 1. The third-order valence-electron chi connectivity index (χ3n) is 4.72. The first-order chi connectivity index (χ1) is 14.7. The van der Waals surface area contributed by atoms with Crippen LogP contribution in [0.25, 0.3) is 10.8 Å². The van der Waals surface area contributed by atoms with Crippen LogP contribution in [0.15, 0.2) is 84.9 Å². The van der Waals surface area contributed by atoms with Gasteiger partial charge in [-0.15, -0.1) is 0 Å². The molecule has 0 amide bonds. The zero-order chi connectivity index (χ0) is 20.8. The summed E-state index contributed by atoms with van der Waals surface area (Å²) in [7, 11) is 3.32. The highest BCUT2D eigenvalue weighted by Crippen LogP contribution is 2.18. The molecule has 0 atom stereocenters. The van der Waals surface area contributed by atoms with Crippen molar-refractivity contribution in [2.45, 2.75) is 0 Å². The second-order valence-corrected chi connectivity index (χ2v) is 6.73. The summed E-state index contributed by atoms with van der Waals surface area (Å²) in [5.74, 6) is 14.5. The van der Waals surface area contributed by atoms with Crippen LogP contribution in [0, 0.1) is 23.7 Å². The Bertz CT molecular complexity index is 1190. The number of hydrogen-bond donors (Lipinski definition) is 0. The van der Waals surface area contributed by atoms with Crippen molar-refractivity contribution in [3.05, 3.63) is 107 Å². The van der Waals surface area contributed by atoms with E-state index in [9.17, 15) is 0 Å². The minimum atomic E-state index is 0.828. The molecular formula is C28H20O2. The van der Waals surface area contributed by atoms with Gasteiger partial charge in [-0.3, -0.25) is 0 Å². The molecular weight excluding hydrogens is 368 g/mol. The van der Waals surface area contributed by atoms with Crippen LogP contribution in [0.1, 0.15) is 22.3 Å². The molecule has 4 aromatic carbocycles. The fraction of sp³-hybridized carbons (Fsp3) is 0.0714. The highest BCUT2D eigenvalue weighted by molar-refractivity contribution is 5.85. The fourth-order valence-corrected chi connectivity index (χ4v) is 3.04. The molecule has 0 unspecified atom stereocenters. The van der Waals surface area contributed by atoms with E-state index in [2.05, 4.69) is 47.9 Å². The zero-order valence-corrected chi connectivity index (χ0v) is 16.9. The topological polar surface area (TPSA) is 18.5 Å². The molecule has 4 rings (SSSR count). The van der Waals surface area contributed by atoms with Gasteiger partial charge in [0.15, 0.2) is 0 Å². The van der Waals surface area contributed by atoms with Crippen molar-refractivity contribution in [3.8, 4) is 35.2 Å². The average Bonchev–Trinajstić information content (AvgIpc) is 2.81. The SMILES string of the molecule is COc1ccc(C#Cc2ccc3ccc(C#Cc4ccc(OC)cc4)cc3c2)cc1. The standard InChI is InChI=1S/C28H20O2/c1-29-27-15-9-21(10-16-27)3-5-23-7-13-25-14-8-24(20-26(25)19-23)6-4-22-11-17-28(30-2)18-12-22/h7-20H,1-2H3. The van der Waals surface area contributed by atoms with E-state index >= 15 is 0 Å². The first kappa shape index (κ1) is 19.2. The Morgan fingerprint density at radius 2 is 0.800 bits per heavy atom. The maximum Gasteiger partial charge on any atom is 0.118 e. The molecule has 0 radical (unpaired) electrons. The Morgan fingerprint density at radius 1 is 0.433 bits per heavy atom. The van der Waals surface area contributed by atoms with Gasteiger partial charge in [0.05, 0.1) is 14.2 Å². The summed E-state index contributed by atoms with van der Waals surface area (Å²) in [5.41, 5.74) is 3.85. The van der Waals surface area contributed by atoms with E-state index in [1.165, 1.54) is 5.39 Å². The van der Waals surface area contributed by atoms with Gasteiger partial charge in [-0.2, -0.15) is 0 Å². The van der Waals surface area contributed by atoms with Crippen LogP contribution in [-0.2, 0) is 0 Å². The minimum Gasteiger partial charge on any atom is -0.497 e. The van der Waals surface area contributed by atoms with E-state index in [0.717, 1.165) is 39.1 Å². The van der Waals surface area contributed by atoms with Gasteiger partial charge in [0.2, 0.25) is 0 Å². The summed E-state index contributed by atoms with van der Waals surface area (Å²) in [5, 5.41) is 2.29. The fourth-order valence-electron chi connectivity index (χ4n) is 3.04. The number of rotatable bonds is 2. The molecule has 0 aromatic heterocycles. The van der Waals surface area contributed by atoms with Gasteiger partial charge in [-0.1, -0.05) is 35.8 Å². The molecule has 0 N–H and O–H groups in total. The van der Waals surface area contributed by atoms with E-state index in [1.54, 1.807) is 14.2 Å². The lowest BCUT2D eigenvalue weighted by Crippen LogP contribution is -1.83. The Labute approximate surface area is 177 Å². The van der Waals surface area contributed by atoms with Crippen LogP contribution in [0.5, 0.6) is 11.5 Å². The molecule has 0 aliphatic carbocycles. The van der Waals surface area contributed by atoms with Gasteiger partial charge in [0.1, 0.15) is 11.5 Å². The second kappa shape index (κ2) is 8.91. The van der Waals surface area contributed by atoms with Gasteiger partial charge in [0, 0.05) is 22.3 Å². The Morgan fingerprint density at radius 3 is 1.20 bits per heavy atom. The molecule has 4 aromatic rings. The molecule has 0 fully saturated rings. The predicted molar refractivity (Wildman–Crippen MR) is 122 cm³/mol. The summed E-state index contributed by atoms with van der Waals surface area (Å²) in [4.78, 5) is 0. The molecule has 2 heteroatoms. The Hall–Kier alpha value is -4.14. The minimum absolute atomic E-state index is 0.828. The number of benzene rings is 4. The molecule has 0 aliphatic rings. The smallest absolute Gasteiger partial charge is 0.118 e. The number of hydrogen-bond acceptors (Lipinski definition) is 2. The summed E-state index contributed by atoms with van der Waals surface area (Å²) in [6, 6.07) is 28.0. The summed E-state index contributed by atoms with van der Waals surface area (Å²) < 4.78 is 10.4. The van der Waals surface area contributed by atoms with Crippen LogP contribution >= 0.6 is 0 Å². The van der Waals surface area contributed by atoms with Crippen molar-refractivity contribution < 1.29 is 9.47 Å². The molecule has 0 heterocycles. The van der Waals surface area contributed by atoms with Crippen molar-refractivity contribution >= 4 is 10.8 Å². The van der Waals surface area contributed by atoms with Gasteiger partial charge in [0.25, 0.3) is 0 Å². The third kappa shape index (κ3) is 4.64. The molecule has 0 bridgehead atoms. The molecule has 2 nitrogen and oxygen atoms in total. The quantitative estimate of drug-likeness (QED) is 0.413. The first-order valence-electron chi connectivity index (χ1n) is 9.59. The molecule has 0 aliphatic heterocycles. The zero-order valence-electron chi connectivity index (χ0n) is 16.9. The lowest BCUT2D eigenvalue weighted by Gasteiger charge is -2.00. The summed E-state index contributed by atoms with van der Waals surface area (Å²) in [6.45, 7) is 0. The first-order valence-corrected chi connectivity index (χ1v) is 9.59. The maximum absolute atomic E-state index is 5.18. The van der Waals surface area contributed by atoms with Gasteiger partial charge >= 0.3 is 0 Å². The van der Waals surface area contributed by atoms with Crippen molar-refractivity contribution in [2.24, 2.45) is 0 Å². The van der Waals surface area contributed by atoms with Gasteiger partial charge in [-0.25, -0.2) is 0 Å². The molecule has 144 valence electrons. The van der Waals surface area contributed by atoms with Crippen LogP contribution < -0.4 is 9.47 Å². The average molecular weight is 388 g/mol. The van der Waals surface area contributed by atoms with Gasteiger partial charge in [-0.05, 0) is 83.6 Å². The maximum atomic E-state index is 5.18. The van der Waals surface area contributed by atoms with E-state index in [1.807, 2.05) is 60.7 Å². The highest BCUT2D eigenvalue weighted by atomic mass is 16.5. The normalized spacial score (nSPS) is 9.80. The van der Waals surface area contributed by atoms with Crippen LogP contribution in [0.4, 0.5) is 0 Å². The highest BCUT2D eigenvalue weighted by Gasteiger charge is 1.97. The number of ether oxygens (including phenoxy) is 2. The lowest BCUT2D eigenvalue weighted by atomic mass is 10.0. The van der Waals surface area contributed by atoms with Crippen LogP contribution in [0.2, 0.25) is 0 Å². The Kier molecular flexibility index (Phi) is 5.70. The lowest BCUT2D eigenvalue weighted by molar-refractivity contribution is 0.414. The summed E-state index contributed by atoms with van der Waals surface area (Å²) in [6.07, 6.45) is 0. The molecule has 0 spiro atoms. The predicted octanol–water partition coefficient (Wildman–Crippen LogP) is 5.66. The van der Waals surface area contributed by atoms with E-state index in [0.29, 0.717) is 0 Å². The van der Waals surface area contributed by atoms with Crippen LogP contribution in [0.3, 0.4) is 0 Å². The molecule has 30 heavy (non-hydrogen) atoms. The van der Waals surface area contributed by atoms with Crippen molar-refractivity contribution in [1.29, 1.82) is 0 Å². The largest absolute Gasteiger partial charge is 0.497 e. The van der Waals surface area contributed by atoms with E-state index in [-0.39, 0.29) is 0 Å². The monoisotopic (exact) mass is 388 g/mol. The Balaban J connectivity index is 1.58. The summed E-state index contributed by atoms with van der Waals surface area (Å²) >= 11 is 0. The second-order valence-electron chi connectivity index (χ2n) is 6.73. The molecule has 0 saturated carbocycles. The molecule has 0 saturated heterocycles. The van der Waals surface area contributed by atoms with Crippen molar-refractivity contribution in [2.75, 3.05) is 14.2 Å². The van der Waals surface area contributed by atoms with Crippen molar-refractivity contribution in [1.82, 2.24) is 0 Å². The van der Waals surface area contributed by atoms with Crippen LogP contribution in [-0.4, -0.2) is 14.2 Å².